The van der Waals surface area contributed by atoms with Crippen molar-refractivity contribution in [1.29, 1.82) is 0 Å². The Bertz CT molecular complexity index is 227. The summed E-state index contributed by atoms with van der Waals surface area (Å²) in [5, 5.41) is 9.03. The first-order chi connectivity index (χ1) is 7.16. The molecule has 0 spiro atoms. The van der Waals surface area contributed by atoms with E-state index in [4.69, 9.17) is 5.11 Å². The van der Waals surface area contributed by atoms with Crippen LogP contribution in [0, 0.1) is 16.7 Å². The minimum absolute atomic E-state index is 0.0327. The first-order valence-electron chi connectivity index (χ1n) is 6.30. The van der Waals surface area contributed by atoms with Crippen LogP contribution in [0.3, 0.4) is 0 Å². The molecule has 96 valence electrons. The lowest BCUT2D eigenvalue weighted by molar-refractivity contribution is -0.127. The summed E-state index contributed by atoms with van der Waals surface area (Å²) in [6.07, 6.45) is 2.24. The lowest BCUT2D eigenvalue weighted by atomic mass is 9.72. The second-order valence-corrected chi connectivity index (χ2v) is 6.37. The summed E-state index contributed by atoms with van der Waals surface area (Å²) in [6.45, 7) is 12.7. The fourth-order valence-corrected chi connectivity index (χ4v) is 1.72. The van der Waals surface area contributed by atoms with Gasteiger partial charge in [0.2, 0.25) is 0 Å². The SMILES string of the molecule is CCC(C)(CCO)CC(=O)C(C)C(C)(C)C. The maximum absolute atomic E-state index is 12.2. The van der Waals surface area contributed by atoms with E-state index in [1.54, 1.807) is 0 Å². The quantitative estimate of drug-likeness (QED) is 0.756. The largest absolute Gasteiger partial charge is 0.396 e. The molecule has 1 N–H and O–H groups in total. The highest BCUT2D eigenvalue weighted by atomic mass is 16.3. The van der Waals surface area contributed by atoms with E-state index in [2.05, 4.69) is 34.6 Å². The molecule has 0 aliphatic rings. The molecule has 2 nitrogen and oxygen atoms in total. The van der Waals surface area contributed by atoms with Crippen LogP contribution in [0.1, 0.15) is 60.8 Å². The van der Waals surface area contributed by atoms with Gasteiger partial charge in [0.05, 0.1) is 0 Å². The molecule has 2 atom stereocenters. The van der Waals surface area contributed by atoms with Gasteiger partial charge in [0.25, 0.3) is 0 Å². The highest BCUT2D eigenvalue weighted by molar-refractivity contribution is 5.82. The van der Waals surface area contributed by atoms with Crippen molar-refractivity contribution in [3.63, 3.8) is 0 Å². The third-order valence-electron chi connectivity index (χ3n) is 3.95. The monoisotopic (exact) mass is 228 g/mol. The summed E-state index contributed by atoms with van der Waals surface area (Å²) in [5.41, 5.74) is -0.00368. The molecule has 0 radical (unpaired) electrons. The van der Waals surface area contributed by atoms with E-state index in [1.165, 1.54) is 0 Å². The van der Waals surface area contributed by atoms with Crippen LogP contribution in [0.2, 0.25) is 0 Å². The molecule has 0 aromatic carbocycles. The van der Waals surface area contributed by atoms with E-state index in [0.717, 1.165) is 6.42 Å². The molecular formula is C14H28O2. The Morgan fingerprint density at radius 1 is 1.25 bits per heavy atom. The predicted octanol–water partition coefficient (Wildman–Crippen LogP) is 3.43. The lowest BCUT2D eigenvalue weighted by Gasteiger charge is -2.32. The van der Waals surface area contributed by atoms with E-state index in [9.17, 15) is 4.79 Å². The zero-order valence-electron chi connectivity index (χ0n) is 11.8. The zero-order valence-corrected chi connectivity index (χ0v) is 11.8. The van der Waals surface area contributed by atoms with Crippen LogP contribution in [0.5, 0.6) is 0 Å². The molecule has 0 aliphatic carbocycles. The summed E-state index contributed by atoms with van der Waals surface area (Å²) in [5.74, 6) is 0.405. The molecule has 0 fully saturated rings. The smallest absolute Gasteiger partial charge is 0.136 e. The minimum Gasteiger partial charge on any atom is -0.396 e. The number of aliphatic hydroxyl groups is 1. The van der Waals surface area contributed by atoms with Crippen LogP contribution in [0.15, 0.2) is 0 Å². The van der Waals surface area contributed by atoms with Crippen molar-refractivity contribution in [2.75, 3.05) is 6.61 Å². The number of carbonyl (C=O) groups is 1. The number of carbonyl (C=O) groups excluding carboxylic acids is 1. The third kappa shape index (κ3) is 4.65. The van der Waals surface area contributed by atoms with E-state index in [-0.39, 0.29) is 23.4 Å². The summed E-state index contributed by atoms with van der Waals surface area (Å²) in [7, 11) is 0. The summed E-state index contributed by atoms with van der Waals surface area (Å²) in [6, 6.07) is 0. The van der Waals surface area contributed by atoms with E-state index in [0.29, 0.717) is 18.6 Å². The fourth-order valence-electron chi connectivity index (χ4n) is 1.72. The van der Waals surface area contributed by atoms with Crippen LogP contribution in [0.25, 0.3) is 0 Å². The Hall–Kier alpha value is -0.370. The maximum Gasteiger partial charge on any atom is 0.136 e. The first kappa shape index (κ1) is 15.6. The second kappa shape index (κ2) is 5.81. The van der Waals surface area contributed by atoms with Gasteiger partial charge in [-0.15, -0.1) is 0 Å². The average molecular weight is 228 g/mol. The molecule has 0 saturated carbocycles. The molecular weight excluding hydrogens is 200 g/mol. The van der Waals surface area contributed by atoms with Crippen LogP contribution < -0.4 is 0 Å². The molecule has 16 heavy (non-hydrogen) atoms. The molecule has 2 heteroatoms. The number of Topliss-reactive ketones (excluding diaryl/α,β-unsaturated/α-hetero) is 1. The first-order valence-corrected chi connectivity index (χ1v) is 6.30. The highest BCUT2D eigenvalue weighted by Gasteiger charge is 2.32. The summed E-state index contributed by atoms with van der Waals surface area (Å²) in [4.78, 5) is 12.2. The van der Waals surface area contributed by atoms with Crippen LogP contribution in [0.4, 0.5) is 0 Å². The Kier molecular flexibility index (Phi) is 5.67. The van der Waals surface area contributed by atoms with Gasteiger partial charge in [-0.05, 0) is 17.3 Å². The Morgan fingerprint density at radius 3 is 2.06 bits per heavy atom. The summed E-state index contributed by atoms with van der Waals surface area (Å²) >= 11 is 0. The second-order valence-electron chi connectivity index (χ2n) is 6.37. The topological polar surface area (TPSA) is 37.3 Å². The van der Waals surface area contributed by atoms with Gasteiger partial charge in [-0.2, -0.15) is 0 Å². The van der Waals surface area contributed by atoms with E-state index in [1.807, 2.05) is 6.92 Å². The van der Waals surface area contributed by atoms with E-state index >= 15 is 0 Å². The van der Waals surface area contributed by atoms with Crippen LogP contribution in [-0.2, 0) is 4.79 Å². The molecule has 0 rings (SSSR count). The van der Waals surface area contributed by atoms with Crippen molar-refractivity contribution in [2.24, 2.45) is 16.7 Å². The van der Waals surface area contributed by atoms with Crippen LogP contribution >= 0.6 is 0 Å². The van der Waals surface area contributed by atoms with Gasteiger partial charge >= 0.3 is 0 Å². The van der Waals surface area contributed by atoms with Gasteiger partial charge in [-0.1, -0.05) is 48.0 Å². The molecule has 0 aromatic heterocycles. The Morgan fingerprint density at radius 2 is 1.75 bits per heavy atom. The van der Waals surface area contributed by atoms with Crippen molar-refractivity contribution in [1.82, 2.24) is 0 Å². The maximum atomic E-state index is 12.2. The molecule has 0 heterocycles. The number of hydrogen-bond acceptors (Lipinski definition) is 2. The number of ketones is 1. The minimum atomic E-state index is -0.0364. The number of hydrogen-bond donors (Lipinski definition) is 1. The van der Waals surface area contributed by atoms with Crippen molar-refractivity contribution in [3.8, 4) is 0 Å². The summed E-state index contributed by atoms with van der Waals surface area (Å²) < 4.78 is 0. The average Bonchev–Trinajstić information content (AvgIpc) is 2.15. The molecule has 0 bridgehead atoms. The van der Waals surface area contributed by atoms with E-state index < -0.39 is 0 Å². The Balaban J connectivity index is 4.53. The van der Waals surface area contributed by atoms with Crippen molar-refractivity contribution in [2.45, 2.75) is 60.8 Å². The van der Waals surface area contributed by atoms with Crippen LogP contribution in [-0.4, -0.2) is 17.5 Å². The van der Waals surface area contributed by atoms with Crippen molar-refractivity contribution in [3.05, 3.63) is 0 Å². The normalized spacial score (nSPS) is 17.9. The van der Waals surface area contributed by atoms with Gasteiger partial charge in [0.15, 0.2) is 0 Å². The van der Waals surface area contributed by atoms with Crippen molar-refractivity contribution >= 4 is 5.78 Å². The molecule has 0 aromatic rings. The standard InChI is InChI=1S/C14H28O2/c1-7-14(6,8-9-15)10-12(16)11(2)13(3,4)5/h11,15H,7-10H2,1-6H3. The van der Waals surface area contributed by atoms with Gasteiger partial charge in [0, 0.05) is 18.9 Å². The Labute approximate surface area is 100 Å². The number of aliphatic hydroxyl groups excluding tert-OH is 1. The van der Waals surface area contributed by atoms with Gasteiger partial charge in [-0.25, -0.2) is 0 Å². The third-order valence-corrected chi connectivity index (χ3v) is 3.95. The fraction of sp³-hybridized carbons (Fsp3) is 0.929. The van der Waals surface area contributed by atoms with Crippen molar-refractivity contribution < 1.29 is 9.90 Å². The molecule has 0 saturated heterocycles. The molecule has 2 unspecified atom stereocenters. The number of rotatable bonds is 6. The highest BCUT2D eigenvalue weighted by Crippen LogP contribution is 2.35. The van der Waals surface area contributed by atoms with Gasteiger partial charge in [-0.3, -0.25) is 4.79 Å². The molecule has 0 amide bonds. The molecule has 0 aliphatic heterocycles. The van der Waals surface area contributed by atoms with Gasteiger partial charge in [0.1, 0.15) is 5.78 Å². The lowest BCUT2D eigenvalue weighted by Crippen LogP contribution is -2.31. The zero-order chi connectivity index (χ0) is 13.0. The predicted molar refractivity (Wildman–Crippen MR) is 68.3 cm³/mol. The van der Waals surface area contributed by atoms with Gasteiger partial charge < -0.3 is 5.11 Å².